The molecular formula is C9H7BrN2OS2. The van der Waals surface area contributed by atoms with E-state index in [0.717, 1.165) is 9.48 Å². The van der Waals surface area contributed by atoms with Gasteiger partial charge in [0.05, 0.1) is 27.1 Å². The van der Waals surface area contributed by atoms with Crippen molar-refractivity contribution in [1.82, 2.24) is 10.3 Å². The van der Waals surface area contributed by atoms with E-state index < -0.39 is 0 Å². The minimum Gasteiger partial charge on any atom is -0.346 e. The second-order valence-corrected chi connectivity index (χ2v) is 5.81. The van der Waals surface area contributed by atoms with Crippen LogP contribution >= 0.6 is 38.6 Å². The highest BCUT2D eigenvalue weighted by atomic mass is 79.9. The molecule has 0 bridgehead atoms. The molecule has 2 aromatic rings. The monoisotopic (exact) mass is 302 g/mol. The summed E-state index contributed by atoms with van der Waals surface area (Å²) >= 11 is 6.34. The summed E-state index contributed by atoms with van der Waals surface area (Å²) in [5, 5.41) is 6.55. The van der Waals surface area contributed by atoms with Crippen LogP contribution in [-0.2, 0) is 6.54 Å². The van der Waals surface area contributed by atoms with Gasteiger partial charge in [0.15, 0.2) is 0 Å². The molecule has 0 atom stereocenters. The predicted octanol–water partition coefficient (Wildman–Crippen LogP) is 2.90. The first kappa shape index (κ1) is 10.8. The molecular weight excluding hydrogens is 296 g/mol. The van der Waals surface area contributed by atoms with Crippen LogP contribution in [0.15, 0.2) is 26.1 Å². The third kappa shape index (κ3) is 2.87. The van der Waals surface area contributed by atoms with Gasteiger partial charge < -0.3 is 5.32 Å². The molecule has 0 spiro atoms. The average molecular weight is 303 g/mol. The lowest BCUT2D eigenvalue weighted by Crippen LogP contribution is -2.22. The van der Waals surface area contributed by atoms with E-state index in [9.17, 15) is 4.79 Å². The van der Waals surface area contributed by atoms with Crippen LogP contribution in [0.3, 0.4) is 0 Å². The zero-order chi connectivity index (χ0) is 10.7. The summed E-state index contributed by atoms with van der Waals surface area (Å²) in [6.45, 7) is 0.482. The number of amides is 1. The van der Waals surface area contributed by atoms with Gasteiger partial charge in [-0.2, -0.15) is 0 Å². The molecule has 0 saturated heterocycles. The Morgan fingerprint density at radius 1 is 1.53 bits per heavy atom. The number of aromatic nitrogens is 1. The summed E-state index contributed by atoms with van der Waals surface area (Å²) in [4.78, 5) is 15.7. The van der Waals surface area contributed by atoms with Crippen molar-refractivity contribution in [2.24, 2.45) is 0 Å². The maximum atomic E-state index is 11.6. The molecule has 1 amide bonds. The molecule has 0 aliphatic carbocycles. The van der Waals surface area contributed by atoms with Gasteiger partial charge in [0.1, 0.15) is 0 Å². The van der Waals surface area contributed by atoms with Crippen molar-refractivity contribution >= 4 is 44.5 Å². The number of carbonyl (C=O) groups is 1. The fourth-order valence-electron chi connectivity index (χ4n) is 1.03. The molecule has 0 radical (unpaired) electrons. The minimum absolute atomic E-state index is 0.0649. The summed E-state index contributed by atoms with van der Waals surface area (Å²) in [7, 11) is 0. The van der Waals surface area contributed by atoms with E-state index in [2.05, 4.69) is 26.2 Å². The quantitative estimate of drug-likeness (QED) is 0.947. The van der Waals surface area contributed by atoms with Crippen LogP contribution in [0.5, 0.6) is 0 Å². The van der Waals surface area contributed by atoms with Gasteiger partial charge in [-0.3, -0.25) is 4.79 Å². The maximum absolute atomic E-state index is 11.6. The molecule has 2 aromatic heterocycles. The number of carbonyl (C=O) groups excluding carboxylic acids is 1. The highest BCUT2D eigenvalue weighted by Crippen LogP contribution is 2.20. The molecule has 1 N–H and O–H groups in total. The molecule has 2 rings (SSSR count). The number of thiophene rings is 1. The Hall–Kier alpha value is -0.720. The van der Waals surface area contributed by atoms with Crippen molar-refractivity contribution in [3.63, 3.8) is 0 Å². The van der Waals surface area contributed by atoms with Crippen molar-refractivity contribution < 1.29 is 4.79 Å². The molecule has 6 heteroatoms. The van der Waals surface area contributed by atoms with Crippen molar-refractivity contribution in [2.45, 2.75) is 6.54 Å². The van der Waals surface area contributed by atoms with E-state index in [1.807, 2.05) is 10.8 Å². The molecule has 3 nitrogen and oxygen atoms in total. The Kier molecular flexibility index (Phi) is 3.50. The Bertz CT molecular complexity index is 452. The van der Waals surface area contributed by atoms with E-state index in [1.165, 1.54) is 22.7 Å². The second-order valence-electron chi connectivity index (χ2n) is 2.80. The molecule has 0 fully saturated rings. The largest absolute Gasteiger partial charge is 0.346 e. The summed E-state index contributed by atoms with van der Waals surface area (Å²) < 4.78 is 0.960. The first-order valence-electron chi connectivity index (χ1n) is 4.15. The maximum Gasteiger partial charge on any atom is 0.252 e. The first-order chi connectivity index (χ1) is 7.25. The van der Waals surface area contributed by atoms with Gasteiger partial charge in [-0.05, 0) is 22.0 Å². The fourth-order valence-corrected chi connectivity index (χ4v) is 2.72. The number of thiazole rings is 1. The Morgan fingerprint density at radius 2 is 2.40 bits per heavy atom. The Labute approximate surface area is 103 Å². The highest BCUT2D eigenvalue weighted by molar-refractivity contribution is 9.11. The fraction of sp³-hybridized carbons (Fsp3) is 0.111. The van der Waals surface area contributed by atoms with E-state index >= 15 is 0 Å². The Balaban J connectivity index is 1.93. The van der Waals surface area contributed by atoms with Crippen molar-refractivity contribution in [3.8, 4) is 0 Å². The highest BCUT2D eigenvalue weighted by Gasteiger charge is 2.07. The smallest absolute Gasteiger partial charge is 0.252 e. The summed E-state index contributed by atoms with van der Waals surface area (Å²) in [6, 6.07) is 1.81. The lowest BCUT2D eigenvalue weighted by Gasteiger charge is -1.99. The summed E-state index contributed by atoms with van der Waals surface area (Å²) in [5.74, 6) is -0.0649. The zero-order valence-corrected chi connectivity index (χ0v) is 10.8. The topological polar surface area (TPSA) is 42.0 Å². The van der Waals surface area contributed by atoms with Crippen LogP contribution in [0.1, 0.15) is 16.1 Å². The van der Waals surface area contributed by atoms with Crippen LogP contribution in [0.25, 0.3) is 0 Å². The summed E-state index contributed by atoms with van der Waals surface area (Å²) in [5.41, 5.74) is 3.33. The van der Waals surface area contributed by atoms with Gasteiger partial charge in [0.25, 0.3) is 5.91 Å². The molecule has 0 aliphatic heterocycles. The third-order valence-corrected chi connectivity index (χ3v) is 3.88. The van der Waals surface area contributed by atoms with Gasteiger partial charge >= 0.3 is 0 Å². The Morgan fingerprint density at radius 3 is 3.00 bits per heavy atom. The first-order valence-corrected chi connectivity index (χ1v) is 6.76. The number of nitrogens with zero attached hydrogens (tertiary/aromatic N) is 1. The number of nitrogens with one attached hydrogen (secondary N) is 1. The summed E-state index contributed by atoms with van der Waals surface area (Å²) in [6.07, 6.45) is 0. The van der Waals surface area contributed by atoms with Gasteiger partial charge in [-0.1, -0.05) is 0 Å². The van der Waals surface area contributed by atoms with Crippen molar-refractivity contribution in [1.29, 1.82) is 0 Å². The van der Waals surface area contributed by atoms with Crippen LogP contribution in [0.2, 0.25) is 0 Å². The molecule has 0 unspecified atom stereocenters. The van der Waals surface area contributed by atoms with E-state index in [4.69, 9.17) is 0 Å². The average Bonchev–Trinajstić information content (AvgIpc) is 2.84. The van der Waals surface area contributed by atoms with Crippen molar-refractivity contribution in [3.05, 3.63) is 37.4 Å². The lowest BCUT2D eigenvalue weighted by molar-refractivity contribution is 0.0951. The van der Waals surface area contributed by atoms with Crippen molar-refractivity contribution in [2.75, 3.05) is 0 Å². The molecule has 78 valence electrons. The van der Waals surface area contributed by atoms with Crippen LogP contribution in [0.4, 0.5) is 0 Å². The number of rotatable bonds is 3. The van der Waals surface area contributed by atoms with Crippen LogP contribution in [0, 0.1) is 0 Å². The number of hydrogen-bond acceptors (Lipinski definition) is 4. The van der Waals surface area contributed by atoms with Gasteiger partial charge in [0.2, 0.25) is 0 Å². The standard InChI is InChI=1S/C9H7BrN2OS2/c10-8-1-6(3-15-8)9(13)11-2-7-4-14-5-12-7/h1,3-5H,2H2,(H,11,13). The van der Waals surface area contributed by atoms with E-state index in [0.29, 0.717) is 12.1 Å². The van der Waals surface area contributed by atoms with Crippen LogP contribution < -0.4 is 5.32 Å². The minimum atomic E-state index is -0.0649. The predicted molar refractivity (Wildman–Crippen MR) is 65.3 cm³/mol. The zero-order valence-electron chi connectivity index (χ0n) is 7.57. The molecule has 2 heterocycles. The lowest BCUT2D eigenvalue weighted by atomic mass is 10.3. The molecule has 0 saturated carbocycles. The van der Waals surface area contributed by atoms with Gasteiger partial charge in [-0.25, -0.2) is 4.98 Å². The van der Waals surface area contributed by atoms with E-state index in [1.54, 1.807) is 11.6 Å². The number of hydrogen-bond donors (Lipinski definition) is 1. The number of halogens is 1. The normalized spacial score (nSPS) is 10.2. The molecule has 0 aliphatic rings. The SMILES string of the molecule is O=C(NCc1cscn1)c1csc(Br)c1. The van der Waals surface area contributed by atoms with Gasteiger partial charge in [-0.15, -0.1) is 22.7 Å². The third-order valence-electron chi connectivity index (χ3n) is 1.74. The van der Waals surface area contributed by atoms with E-state index in [-0.39, 0.29) is 5.91 Å². The van der Waals surface area contributed by atoms with Crippen LogP contribution in [-0.4, -0.2) is 10.9 Å². The second kappa shape index (κ2) is 4.87. The van der Waals surface area contributed by atoms with Gasteiger partial charge in [0, 0.05) is 10.8 Å². The molecule has 15 heavy (non-hydrogen) atoms. The molecule has 0 aromatic carbocycles.